The van der Waals surface area contributed by atoms with Crippen molar-refractivity contribution < 1.29 is 5.11 Å². The molecule has 1 aromatic rings. The first kappa shape index (κ1) is 9.82. The lowest BCUT2D eigenvalue weighted by Crippen LogP contribution is -2.49. The van der Waals surface area contributed by atoms with Gasteiger partial charge in [0, 0.05) is 24.5 Å². The molecule has 1 fully saturated rings. The summed E-state index contributed by atoms with van der Waals surface area (Å²) in [6.07, 6.45) is 4.37. The second-order valence-corrected chi connectivity index (χ2v) is 5.91. The van der Waals surface area contributed by atoms with Crippen molar-refractivity contribution in [2.45, 2.75) is 37.8 Å². The molecular weight excluding hydrogens is 206 g/mol. The Kier molecular flexibility index (Phi) is 2.34. The molecule has 0 radical (unpaired) electrons. The van der Waals surface area contributed by atoms with Crippen molar-refractivity contribution in [3.8, 4) is 0 Å². The molecule has 0 amide bonds. The highest BCUT2D eigenvalue weighted by Crippen LogP contribution is 2.34. The quantitative estimate of drug-likeness (QED) is 0.829. The van der Waals surface area contributed by atoms with E-state index in [1.54, 1.807) is 4.88 Å². The zero-order valence-electron chi connectivity index (χ0n) is 8.91. The molecule has 2 nitrogen and oxygen atoms in total. The molecule has 3 rings (SSSR count). The second kappa shape index (κ2) is 3.58. The van der Waals surface area contributed by atoms with E-state index >= 15 is 0 Å². The second-order valence-electron chi connectivity index (χ2n) is 4.91. The van der Waals surface area contributed by atoms with Gasteiger partial charge in [0.25, 0.3) is 0 Å². The largest absolute Gasteiger partial charge is 0.389 e. The van der Waals surface area contributed by atoms with Crippen LogP contribution in [0.3, 0.4) is 0 Å². The predicted molar refractivity (Wildman–Crippen MR) is 62.1 cm³/mol. The number of aliphatic hydroxyl groups is 1. The fraction of sp³-hybridized carbons (Fsp3) is 0.667. The van der Waals surface area contributed by atoms with E-state index in [9.17, 15) is 5.11 Å². The summed E-state index contributed by atoms with van der Waals surface area (Å²) < 4.78 is 0. The topological polar surface area (TPSA) is 23.5 Å². The maximum Gasteiger partial charge on any atom is 0.0774 e. The smallest absolute Gasteiger partial charge is 0.0774 e. The Morgan fingerprint density at radius 1 is 1.47 bits per heavy atom. The average molecular weight is 223 g/mol. The lowest BCUT2D eigenvalue weighted by molar-refractivity contribution is -0.0611. The fourth-order valence-electron chi connectivity index (χ4n) is 2.60. The molecule has 0 atom stereocenters. The van der Waals surface area contributed by atoms with E-state index in [0.29, 0.717) is 0 Å². The van der Waals surface area contributed by atoms with Crippen molar-refractivity contribution in [3.05, 3.63) is 21.9 Å². The number of β-amino-alcohol motifs (C(OH)–C–C–N with tert-alkyl or cyclic N) is 1. The van der Waals surface area contributed by atoms with Crippen molar-refractivity contribution in [3.63, 3.8) is 0 Å². The molecule has 15 heavy (non-hydrogen) atoms. The lowest BCUT2D eigenvalue weighted by Gasteiger charge is -2.41. The zero-order chi connectivity index (χ0) is 10.3. The molecule has 1 N–H and O–H groups in total. The third kappa shape index (κ3) is 1.84. The Morgan fingerprint density at radius 2 is 2.33 bits per heavy atom. The van der Waals surface area contributed by atoms with Crippen molar-refractivity contribution in [2.75, 3.05) is 13.1 Å². The van der Waals surface area contributed by atoms with Gasteiger partial charge >= 0.3 is 0 Å². The fourth-order valence-corrected chi connectivity index (χ4v) is 3.49. The van der Waals surface area contributed by atoms with E-state index in [2.05, 4.69) is 16.3 Å². The van der Waals surface area contributed by atoms with Gasteiger partial charge in [0.2, 0.25) is 0 Å². The lowest BCUT2D eigenvalue weighted by atomic mass is 9.79. The van der Waals surface area contributed by atoms with Crippen LogP contribution in [-0.4, -0.2) is 28.7 Å². The molecule has 0 unspecified atom stereocenters. The standard InChI is InChI=1S/C12H17NOS/c14-12(4-1-5-12)9-13-6-2-11-10(8-13)3-7-15-11/h3,7,14H,1-2,4-6,8-9H2. The third-order valence-electron chi connectivity index (χ3n) is 3.69. The summed E-state index contributed by atoms with van der Waals surface area (Å²) in [5, 5.41) is 12.3. The van der Waals surface area contributed by atoms with Crippen molar-refractivity contribution in [1.29, 1.82) is 0 Å². The zero-order valence-corrected chi connectivity index (χ0v) is 9.72. The monoisotopic (exact) mass is 223 g/mol. The van der Waals surface area contributed by atoms with Gasteiger partial charge in [-0.3, -0.25) is 4.90 Å². The summed E-state index contributed by atoms with van der Waals surface area (Å²) in [7, 11) is 0. The number of rotatable bonds is 2. The van der Waals surface area contributed by atoms with Crippen LogP contribution < -0.4 is 0 Å². The molecule has 0 bridgehead atoms. The number of nitrogens with zero attached hydrogens (tertiary/aromatic N) is 1. The normalized spacial score (nSPS) is 24.6. The van der Waals surface area contributed by atoms with Gasteiger partial charge in [-0.25, -0.2) is 0 Å². The van der Waals surface area contributed by atoms with Gasteiger partial charge in [0.15, 0.2) is 0 Å². The molecule has 2 aliphatic rings. The van der Waals surface area contributed by atoms with Crippen LogP contribution in [0.2, 0.25) is 0 Å². The molecule has 3 heteroatoms. The van der Waals surface area contributed by atoms with Crippen LogP contribution in [0.5, 0.6) is 0 Å². The van der Waals surface area contributed by atoms with Crippen molar-refractivity contribution in [2.24, 2.45) is 0 Å². The van der Waals surface area contributed by atoms with E-state index < -0.39 is 0 Å². The maximum atomic E-state index is 10.1. The van der Waals surface area contributed by atoms with Crippen LogP contribution in [0, 0.1) is 0 Å². The minimum absolute atomic E-state index is 0.354. The first-order chi connectivity index (χ1) is 7.25. The highest BCUT2D eigenvalue weighted by atomic mass is 32.1. The SMILES string of the molecule is OC1(CN2CCc3sccc3C2)CCC1. The van der Waals surface area contributed by atoms with Crippen LogP contribution in [0.1, 0.15) is 29.7 Å². The summed E-state index contributed by atoms with van der Waals surface area (Å²) in [5.41, 5.74) is 1.13. The minimum atomic E-state index is -0.354. The summed E-state index contributed by atoms with van der Waals surface area (Å²) in [6.45, 7) is 3.04. The minimum Gasteiger partial charge on any atom is -0.389 e. The third-order valence-corrected chi connectivity index (χ3v) is 4.71. The van der Waals surface area contributed by atoms with E-state index in [-0.39, 0.29) is 5.60 Å². The van der Waals surface area contributed by atoms with Gasteiger partial charge in [-0.15, -0.1) is 11.3 Å². The van der Waals surface area contributed by atoms with Gasteiger partial charge in [-0.2, -0.15) is 0 Å². The summed E-state index contributed by atoms with van der Waals surface area (Å²) in [5.74, 6) is 0. The summed E-state index contributed by atoms with van der Waals surface area (Å²) >= 11 is 1.88. The molecule has 1 aliphatic heterocycles. The van der Waals surface area contributed by atoms with Gasteiger partial charge in [0.1, 0.15) is 0 Å². The maximum absolute atomic E-state index is 10.1. The Balaban J connectivity index is 1.66. The molecular formula is C12H17NOS. The molecule has 1 aliphatic carbocycles. The molecule has 0 spiro atoms. The van der Waals surface area contributed by atoms with Crippen LogP contribution in [0.15, 0.2) is 11.4 Å². The van der Waals surface area contributed by atoms with Crippen LogP contribution >= 0.6 is 11.3 Å². The highest BCUT2D eigenvalue weighted by molar-refractivity contribution is 7.10. The first-order valence-corrected chi connectivity index (χ1v) is 6.63. The Labute approximate surface area is 94.5 Å². The van der Waals surface area contributed by atoms with Gasteiger partial charge in [0.05, 0.1) is 5.60 Å². The average Bonchev–Trinajstić information content (AvgIpc) is 2.62. The van der Waals surface area contributed by atoms with E-state index in [4.69, 9.17) is 0 Å². The van der Waals surface area contributed by atoms with Gasteiger partial charge in [-0.1, -0.05) is 0 Å². The molecule has 82 valence electrons. The van der Waals surface area contributed by atoms with Crippen molar-refractivity contribution >= 4 is 11.3 Å². The number of fused-ring (bicyclic) bond motifs is 1. The Hall–Kier alpha value is -0.380. The molecule has 0 aromatic carbocycles. The molecule has 1 saturated carbocycles. The van der Waals surface area contributed by atoms with E-state index in [0.717, 1.165) is 32.5 Å². The predicted octanol–water partition coefficient (Wildman–Crippen LogP) is 2.02. The number of hydrogen-bond acceptors (Lipinski definition) is 3. The Bertz CT molecular complexity index is 356. The van der Waals surface area contributed by atoms with E-state index in [1.165, 1.54) is 18.4 Å². The van der Waals surface area contributed by atoms with Gasteiger partial charge < -0.3 is 5.11 Å². The van der Waals surface area contributed by atoms with Crippen molar-refractivity contribution in [1.82, 2.24) is 4.90 Å². The summed E-state index contributed by atoms with van der Waals surface area (Å²) in [6, 6.07) is 2.23. The first-order valence-electron chi connectivity index (χ1n) is 5.75. The summed E-state index contributed by atoms with van der Waals surface area (Å²) in [4.78, 5) is 3.96. The molecule has 1 aromatic heterocycles. The highest BCUT2D eigenvalue weighted by Gasteiger charge is 2.36. The van der Waals surface area contributed by atoms with Crippen LogP contribution in [-0.2, 0) is 13.0 Å². The van der Waals surface area contributed by atoms with Gasteiger partial charge in [-0.05, 0) is 42.7 Å². The number of thiophene rings is 1. The molecule has 2 heterocycles. The van der Waals surface area contributed by atoms with E-state index in [1.807, 2.05) is 11.3 Å². The van der Waals surface area contributed by atoms with Crippen LogP contribution in [0.25, 0.3) is 0 Å². The molecule has 0 saturated heterocycles. The van der Waals surface area contributed by atoms with Crippen LogP contribution in [0.4, 0.5) is 0 Å². The Morgan fingerprint density at radius 3 is 3.07 bits per heavy atom. The number of hydrogen-bond donors (Lipinski definition) is 1.